The smallest absolute Gasteiger partial charge is 0.338 e. The topological polar surface area (TPSA) is 94.5 Å². The number of benzene rings is 1. The van der Waals surface area contributed by atoms with Crippen molar-refractivity contribution in [2.75, 3.05) is 20.4 Å². The summed E-state index contributed by atoms with van der Waals surface area (Å²) < 4.78 is 22.6. The Morgan fingerprint density at radius 3 is 2.86 bits per heavy atom. The Balaban J connectivity index is 1.54. The summed E-state index contributed by atoms with van der Waals surface area (Å²) in [4.78, 5) is 27.4. The summed E-state index contributed by atoms with van der Waals surface area (Å²) in [5.74, 6) is 0.485. The van der Waals surface area contributed by atoms with Crippen LogP contribution in [-0.2, 0) is 14.3 Å². The van der Waals surface area contributed by atoms with Crippen LogP contribution < -0.4 is 9.47 Å². The number of carbonyl (C=O) groups is 2. The van der Waals surface area contributed by atoms with E-state index in [0.717, 1.165) is 18.5 Å². The van der Waals surface area contributed by atoms with E-state index < -0.39 is 30.3 Å². The van der Waals surface area contributed by atoms with E-state index in [1.807, 2.05) is 6.07 Å². The van der Waals surface area contributed by atoms with Gasteiger partial charge in [0.05, 0.1) is 18.1 Å². The fraction of sp³-hybridized carbons (Fsp3) is 0.619. The van der Waals surface area contributed by atoms with Gasteiger partial charge < -0.3 is 29.0 Å². The van der Waals surface area contributed by atoms with Gasteiger partial charge in [-0.3, -0.25) is 4.79 Å². The van der Waals surface area contributed by atoms with Gasteiger partial charge in [-0.05, 0) is 57.0 Å². The molecule has 1 aromatic carbocycles. The van der Waals surface area contributed by atoms with E-state index in [1.165, 1.54) is 0 Å². The summed E-state index contributed by atoms with van der Waals surface area (Å²) in [6.07, 6.45) is -0.291. The van der Waals surface area contributed by atoms with Crippen molar-refractivity contribution in [1.82, 2.24) is 4.90 Å². The standard InChI is InChI=1S/C21H25NO7/c1-10(23)5-17(24)28-16-6-11-3-4-22(2)19(11)18-12-7-14-15(27-9-26-14)8-13(12)21(25)29-20(16)18/h7-8,10-11,16,18-20,23H,3-6,9H2,1-2H3/t10-,11+,16-,18-,19+,20-/m0/s1. The molecule has 2 fully saturated rings. The number of esters is 2. The lowest BCUT2D eigenvalue weighted by Gasteiger charge is -2.48. The lowest BCUT2D eigenvalue weighted by Crippen LogP contribution is -2.55. The monoisotopic (exact) mass is 403 g/mol. The summed E-state index contributed by atoms with van der Waals surface area (Å²) in [6, 6.07) is 3.78. The minimum Gasteiger partial charge on any atom is -0.458 e. The van der Waals surface area contributed by atoms with Crippen LogP contribution in [0.1, 0.15) is 48.0 Å². The van der Waals surface area contributed by atoms with Crippen LogP contribution in [-0.4, -0.2) is 66.7 Å². The molecule has 0 spiro atoms. The predicted molar refractivity (Wildman–Crippen MR) is 99.8 cm³/mol. The van der Waals surface area contributed by atoms with Crippen LogP contribution in [0.3, 0.4) is 0 Å². The molecule has 1 aromatic rings. The van der Waals surface area contributed by atoms with Gasteiger partial charge in [-0.1, -0.05) is 0 Å². The predicted octanol–water partition coefficient (Wildman–Crippen LogP) is 1.44. The van der Waals surface area contributed by atoms with Gasteiger partial charge in [-0.25, -0.2) is 4.79 Å². The number of aliphatic hydroxyl groups is 1. The molecule has 0 bridgehead atoms. The largest absolute Gasteiger partial charge is 0.458 e. The van der Waals surface area contributed by atoms with Gasteiger partial charge in [-0.15, -0.1) is 0 Å². The number of hydrogen-bond donors (Lipinski definition) is 1. The van der Waals surface area contributed by atoms with Crippen LogP contribution in [0, 0.1) is 5.92 Å². The fourth-order valence-electron chi connectivity index (χ4n) is 5.41. The molecule has 1 saturated carbocycles. The number of likely N-dealkylation sites (tertiary alicyclic amines) is 1. The van der Waals surface area contributed by atoms with Crippen LogP contribution in [0.25, 0.3) is 0 Å². The number of rotatable bonds is 3. The number of likely N-dealkylation sites (N-methyl/N-ethyl adjacent to an activating group) is 1. The molecule has 29 heavy (non-hydrogen) atoms. The molecule has 0 amide bonds. The molecule has 156 valence electrons. The SMILES string of the molecule is C[C@H](O)CC(=O)O[C@H]1C[C@H]2CCN(C)[C@H]2[C@@H]2c3cc4c(cc3C(=O)O[C@H]21)OCO4. The zero-order chi connectivity index (χ0) is 20.3. The Kier molecular flexibility index (Phi) is 4.43. The first-order chi connectivity index (χ1) is 13.9. The highest BCUT2D eigenvalue weighted by molar-refractivity contribution is 5.94. The number of nitrogens with zero attached hydrogens (tertiary/aromatic N) is 1. The first kappa shape index (κ1) is 18.7. The second kappa shape index (κ2) is 6.88. The fourth-order valence-corrected chi connectivity index (χ4v) is 5.41. The van der Waals surface area contributed by atoms with Crippen LogP contribution >= 0.6 is 0 Å². The second-order valence-electron chi connectivity index (χ2n) is 8.53. The molecule has 3 aliphatic heterocycles. The minimum absolute atomic E-state index is 0.0783. The number of ether oxygens (including phenoxy) is 4. The minimum atomic E-state index is -0.776. The van der Waals surface area contributed by atoms with Crippen LogP contribution in [0.4, 0.5) is 0 Å². The van der Waals surface area contributed by atoms with Gasteiger partial charge in [-0.2, -0.15) is 0 Å². The zero-order valence-corrected chi connectivity index (χ0v) is 16.5. The van der Waals surface area contributed by atoms with Gasteiger partial charge >= 0.3 is 11.9 Å². The summed E-state index contributed by atoms with van der Waals surface area (Å²) >= 11 is 0. The van der Waals surface area contributed by atoms with E-state index in [2.05, 4.69) is 11.9 Å². The van der Waals surface area contributed by atoms with E-state index in [-0.39, 0.29) is 25.2 Å². The Morgan fingerprint density at radius 2 is 2.10 bits per heavy atom. The summed E-state index contributed by atoms with van der Waals surface area (Å²) in [7, 11) is 2.09. The van der Waals surface area contributed by atoms with E-state index >= 15 is 0 Å². The van der Waals surface area contributed by atoms with Crippen molar-refractivity contribution >= 4 is 11.9 Å². The second-order valence-corrected chi connectivity index (χ2v) is 8.53. The molecule has 1 aliphatic carbocycles. The molecule has 8 nitrogen and oxygen atoms in total. The Labute approximate surface area is 168 Å². The molecule has 1 N–H and O–H groups in total. The summed E-state index contributed by atoms with van der Waals surface area (Å²) in [6.45, 7) is 2.63. The first-order valence-corrected chi connectivity index (χ1v) is 10.1. The normalized spacial score (nSPS) is 33.3. The number of hydrogen-bond acceptors (Lipinski definition) is 8. The Hall–Kier alpha value is -2.32. The van der Waals surface area contributed by atoms with Crippen molar-refractivity contribution in [2.24, 2.45) is 5.92 Å². The van der Waals surface area contributed by atoms with Crippen LogP contribution in [0.5, 0.6) is 11.5 Å². The van der Waals surface area contributed by atoms with Crippen molar-refractivity contribution in [3.63, 3.8) is 0 Å². The first-order valence-electron chi connectivity index (χ1n) is 10.1. The van der Waals surface area contributed by atoms with Gasteiger partial charge in [0, 0.05) is 12.0 Å². The summed E-state index contributed by atoms with van der Waals surface area (Å²) in [5.41, 5.74) is 1.36. The third-order valence-electron chi connectivity index (χ3n) is 6.58. The Morgan fingerprint density at radius 1 is 1.34 bits per heavy atom. The highest BCUT2D eigenvalue weighted by Gasteiger charge is 2.55. The molecule has 0 unspecified atom stereocenters. The van der Waals surface area contributed by atoms with Crippen LogP contribution in [0.15, 0.2) is 12.1 Å². The van der Waals surface area contributed by atoms with Gasteiger partial charge in [0.2, 0.25) is 6.79 Å². The molecular weight excluding hydrogens is 378 g/mol. The van der Waals surface area contributed by atoms with E-state index in [1.54, 1.807) is 13.0 Å². The van der Waals surface area contributed by atoms with Gasteiger partial charge in [0.1, 0.15) is 12.2 Å². The van der Waals surface area contributed by atoms with E-state index in [0.29, 0.717) is 29.4 Å². The van der Waals surface area contributed by atoms with Gasteiger partial charge in [0.15, 0.2) is 11.5 Å². The highest BCUT2D eigenvalue weighted by Crippen LogP contribution is 2.51. The Bertz CT molecular complexity index is 854. The van der Waals surface area contributed by atoms with Crippen molar-refractivity contribution in [3.8, 4) is 11.5 Å². The zero-order valence-electron chi connectivity index (χ0n) is 16.5. The van der Waals surface area contributed by atoms with E-state index in [9.17, 15) is 14.7 Å². The average Bonchev–Trinajstić information content (AvgIpc) is 3.26. The maximum atomic E-state index is 12.8. The third-order valence-corrected chi connectivity index (χ3v) is 6.58. The number of aliphatic hydroxyl groups excluding tert-OH is 1. The van der Waals surface area contributed by atoms with Crippen LogP contribution in [0.2, 0.25) is 0 Å². The van der Waals surface area contributed by atoms with Gasteiger partial charge in [0.25, 0.3) is 0 Å². The van der Waals surface area contributed by atoms with Crippen molar-refractivity contribution in [1.29, 1.82) is 0 Å². The van der Waals surface area contributed by atoms with Crippen molar-refractivity contribution < 1.29 is 33.6 Å². The average molecular weight is 403 g/mol. The lowest BCUT2D eigenvalue weighted by molar-refractivity contribution is -0.165. The number of fused-ring (bicyclic) bond motifs is 6. The molecule has 4 aliphatic rings. The van der Waals surface area contributed by atoms with Crippen molar-refractivity contribution in [3.05, 3.63) is 23.3 Å². The maximum absolute atomic E-state index is 12.8. The highest BCUT2D eigenvalue weighted by atomic mass is 16.7. The molecule has 8 heteroatoms. The molecule has 3 heterocycles. The van der Waals surface area contributed by atoms with Crippen molar-refractivity contribution in [2.45, 2.75) is 56.5 Å². The quantitative estimate of drug-likeness (QED) is 0.758. The summed E-state index contributed by atoms with van der Waals surface area (Å²) in [5, 5.41) is 9.51. The number of carbonyl (C=O) groups excluding carboxylic acids is 2. The molecule has 5 rings (SSSR count). The molecule has 0 aromatic heterocycles. The molecule has 6 atom stereocenters. The molecule has 1 saturated heterocycles. The third kappa shape index (κ3) is 3.05. The maximum Gasteiger partial charge on any atom is 0.338 e. The van der Waals surface area contributed by atoms with E-state index in [4.69, 9.17) is 18.9 Å². The molecular formula is C21H25NO7. The lowest BCUT2D eigenvalue weighted by atomic mass is 9.69. The molecule has 0 radical (unpaired) electrons.